The summed E-state index contributed by atoms with van der Waals surface area (Å²) in [5.41, 5.74) is 0.655. The number of halogens is 1. The molecule has 100 valence electrons. The minimum atomic E-state index is -0.647. The van der Waals surface area contributed by atoms with Crippen LogP contribution in [0, 0.1) is 5.82 Å². The Morgan fingerprint density at radius 1 is 1.33 bits per heavy atom. The van der Waals surface area contributed by atoms with Crippen molar-refractivity contribution in [2.24, 2.45) is 0 Å². The minimum absolute atomic E-state index is 0.0132. The van der Waals surface area contributed by atoms with Crippen molar-refractivity contribution in [1.82, 2.24) is 9.80 Å². The lowest BCUT2D eigenvalue weighted by Gasteiger charge is -2.31. The van der Waals surface area contributed by atoms with Crippen molar-refractivity contribution < 1.29 is 9.50 Å². The van der Waals surface area contributed by atoms with Crippen LogP contribution in [0.15, 0.2) is 24.3 Å². The van der Waals surface area contributed by atoms with E-state index in [1.165, 1.54) is 12.1 Å². The molecule has 18 heavy (non-hydrogen) atoms. The summed E-state index contributed by atoms with van der Waals surface area (Å²) in [6.45, 7) is 2.80. The lowest BCUT2D eigenvalue weighted by Crippen LogP contribution is -2.42. The van der Waals surface area contributed by atoms with E-state index in [1.54, 1.807) is 12.1 Å². The van der Waals surface area contributed by atoms with E-state index in [9.17, 15) is 9.50 Å². The first-order valence-electron chi connectivity index (χ1n) is 6.40. The lowest BCUT2D eigenvalue weighted by atomic mass is 10.0. The molecule has 0 saturated carbocycles. The molecule has 0 bridgehead atoms. The molecule has 1 aromatic rings. The van der Waals surface area contributed by atoms with Crippen LogP contribution in [-0.4, -0.2) is 54.7 Å². The van der Waals surface area contributed by atoms with Gasteiger partial charge in [0.2, 0.25) is 0 Å². The Balaban J connectivity index is 2.17. The van der Waals surface area contributed by atoms with Crippen LogP contribution in [0.5, 0.6) is 0 Å². The molecular formula is C14H21FN2O. The van der Waals surface area contributed by atoms with Gasteiger partial charge < -0.3 is 10.0 Å². The second-order valence-corrected chi connectivity index (χ2v) is 5.16. The highest BCUT2D eigenvalue weighted by Gasteiger charge is 2.28. The molecule has 0 amide bonds. The Morgan fingerprint density at radius 3 is 2.83 bits per heavy atom. The Morgan fingerprint density at radius 2 is 2.11 bits per heavy atom. The van der Waals surface area contributed by atoms with Crippen molar-refractivity contribution >= 4 is 0 Å². The average Bonchev–Trinajstić information content (AvgIpc) is 2.50. The van der Waals surface area contributed by atoms with Crippen molar-refractivity contribution in [3.63, 3.8) is 0 Å². The quantitative estimate of drug-likeness (QED) is 0.864. The lowest BCUT2D eigenvalue weighted by molar-refractivity contribution is 0.0570. The van der Waals surface area contributed by atoms with Gasteiger partial charge in [0.15, 0.2) is 0 Å². The zero-order chi connectivity index (χ0) is 13.1. The van der Waals surface area contributed by atoms with Crippen molar-refractivity contribution in [1.29, 1.82) is 0 Å². The Kier molecular flexibility index (Phi) is 4.32. The van der Waals surface area contributed by atoms with Gasteiger partial charge in [-0.1, -0.05) is 12.1 Å². The first-order valence-corrected chi connectivity index (χ1v) is 6.40. The highest BCUT2D eigenvalue weighted by Crippen LogP contribution is 2.23. The van der Waals surface area contributed by atoms with Gasteiger partial charge in [0, 0.05) is 6.54 Å². The van der Waals surface area contributed by atoms with E-state index in [-0.39, 0.29) is 11.9 Å². The predicted molar refractivity (Wildman–Crippen MR) is 69.9 cm³/mol. The summed E-state index contributed by atoms with van der Waals surface area (Å²) in [7, 11) is 4.08. The fraction of sp³-hybridized carbons (Fsp3) is 0.571. The minimum Gasteiger partial charge on any atom is -0.387 e. The molecule has 2 rings (SSSR count). The normalized spacial score (nSPS) is 24.8. The van der Waals surface area contributed by atoms with Crippen LogP contribution >= 0.6 is 0 Å². The molecule has 1 saturated heterocycles. The number of hydrogen-bond acceptors (Lipinski definition) is 3. The maximum absolute atomic E-state index is 13.2. The van der Waals surface area contributed by atoms with Crippen LogP contribution in [0.1, 0.15) is 18.1 Å². The van der Waals surface area contributed by atoms with Gasteiger partial charge in [0.25, 0.3) is 0 Å². The first-order chi connectivity index (χ1) is 8.58. The summed E-state index contributed by atoms with van der Waals surface area (Å²) in [5, 5.41) is 10.4. The molecular weight excluding hydrogens is 231 g/mol. The van der Waals surface area contributed by atoms with Gasteiger partial charge in [-0.25, -0.2) is 4.39 Å². The van der Waals surface area contributed by atoms with E-state index in [0.717, 1.165) is 26.1 Å². The van der Waals surface area contributed by atoms with Gasteiger partial charge in [-0.3, -0.25) is 4.90 Å². The zero-order valence-electron chi connectivity index (χ0n) is 11.0. The van der Waals surface area contributed by atoms with Crippen molar-refractivity contribution in [3.05, 3.63) is 35.6 Å². The van der Waals surface area contributed by atoms with Gasteiger partial charge in [-0.2, -0.15) is 0 Å². The van der Waals surface area contributed by atoms with Crippen LogP contribution in [0.3, 0.4) is 0 Å². The molecule has 2 atom stereocenters. The van der Waals surface area contributed by atoms with Crippen LogP contribution in [0.25, 0.3) is 0 Å². The average molecular weight is 252 g/mol. The molecule has 0 aliphatic carbocycles. The molecule has 2 unspecified atom stereocenters. The molecule has 0 aromatic heterocycles. The summed E-state index contributed by atoms with van der Waals surface area (Å²) < 4.78 is 13.2. The van der Waals surface area contributed by atoms with Gasteiger partial charge in [-0.05, 0) is 51.3 Å². The number of benzene rings is 1. The third-order valence-electron chi connectivity index (χ3n) is 3.67. The van der Waals surface area contributed by atoms with E-state index < -0.39 is 6.10 Å². The van der Waals surface area contributed by atoms with Crippen molar-refractivity contribution in [2.75, 3.05) is 33.7 Å². The maximum Gasteiger partial charge on any atom is 0.123 e. The zero-order valence-corrected chi connectivity index (χ0v) is 11.0. The Labute approximate surface area is 108 Å². The summed E-state index contributed by atoms with van der Waals surface area (Å²) >= 11 is 0. The molecule has 0 radical (unpaired) electrons. The van der Waals surface area contributed by atoms with E-state index in [4.69, 9.17) is 0 Å². The van der Waals surface area contributed by atoms with Crippen LogP contribution in [0.4, 0.5) is 4.39 Å². The van der Waals surface area contributed by atoms with Crippen molar-refractivity contribution in [2.45, 2.75) is 18.6 Å². The molecule has 4 heteroatoms. The number of aliphatic hydroxyl groups excluding tert-OH is 1. The molecule has 0 spiro atoms. The SMILES string of the molecule is CN1CCCN(C)C(C(O)c2cccc(F)c2)C1. The first kappa shape index (κ1) is 13.5. The second kappa shape index (κ2) is 5.78. The predicted octanol–water partition coefficient (Wildman–Crippen LogP) is 1.49. The van der Waals surface area contributed by atoms with Gasteiger partial charge in [0.05, 0.1) is 12.1 Å². The second-order valence-electron chi connectivity index (χ2n) is 5.16. The number of likely N-dealkylation sites (N-methyl/N-ethyl adjacent to an activating group) is 2. The highest BCUT2D eigenvalue weighted by atomic mass is 19.1. The fourth-order valence-corrected chi connectivity index (χ4v) is 2.56. The number of aliphatic hydroxyl groups is 1. The molecule has 1 N–H and O–H groups in total. The fourth-order valence-electron chi connectivity index (χ4n) is 2.56. The number of hydrogen-bond donors (Lipinski definition) is 1. The molecule has 1 aromatic carbocycles. The van der Waals surface area contributed by atoms with E-state index >= 15 is 0 Å². The van der Waals surface area contributed by atoms with Crippen LogP contribution in [0.2, 0.25) is 0 Å². The van der Waals surface area contributed by atoms with Gasteiger partial charge in [-0.15, -0.1) is 0 Å². The third kappa shape index (κ3) is 3.07. The van der Waals surface area contributed by atoms with Gasteiger partial charge in [0.1, 0.15) is 5.82 Å². The monoisotopic (exact) mass is 252 g/mol. The maximum atomic E-state index is 13.2. The smallest absolute Gasteiger partial charge is 0.123 e. The standard InChI is InChI=1S/C14H21FN2O/c1-16-7-4-8-17(2)13(10-16)14(18)11-5-3-6-12(15)9-11/h3,5-6,9,13-14,18H,4,7-8,10H2,1-2H3. The summed E-state index contributed by atoms with van der Waals surface area (Å²) in [6, 6.07) is 6.27. The van der Waals surface area contributed by atoms with Gasteiger partial charge >= 0.3 is 0 Å². The molecule has 1 fully saturated rings. The number of rotatable bonds is 2. The van der Waals surface area contributed by atoms with E-state index in [2.05, 4.69) is 16.8 Å². The van der Waals surface area contributed by atoms with Crippen LogP contribution < -0.4 is 0 Å². The summed E-state index contributed by atoms with van der Waals surface area (Å²) in [4.78, 5) is 4.38. The molecule has 1 heterocycles. The van der Waals surface area contributed by atoms with E-state index in [1.807, 2.05) is 7.05 Å². The van der Waals surface area contributed by atoms with E-state index in [0.29, 0.717) is 5.56 Å². The summed E-state index contributed by atoms with van der Waals surface area (Å²) in [5.74, 6) is -0.295. The third-order valence-corrected chi connectivity index (χ3v) is 3.67. The largest absolute Gasteiger partial charge is 0.387 e. The topological polar surface area (TPSA) is 26.7 Å². The molecule has 1 aliphatic heterocycles. The van der Waals surface area contributed by atoms with Crippen LogP contribution in [-0.2, 0) is 0 Å². The highest BCUT2D eigenvalue weighted by molar-refractivity contribution is 5.20. The summed E-state index contributed by atoms with van der Waals surface area (Å²) in [6.07, 6.45) is 0.450. The number of nitrogens with zero attached hydrogens (tertiary/aromatic N) is 2. The Bertz CT molecular complexity index is 399. The Hall–Kier alpha value is -0.970. The molecule has 3 nitrogen and oxygen atoms in total. The molecule has 1 aliphatic rings. The van der Waals surface area contributed by atoms with Crippen molar-refractivity contribution in [3.8, 4) is 0 Å².